The molecule has 9 heteroatoms. The number of aryl methyl sites for hydroxylation is 1. The van der Waals surface area contributed by atoms with Gasteiger partial charge in [0.15, 0.2) is 5.78 Å². The third-order valence-corrected chi connectivity index (χ3v) is 7.19. The number of benzene rings is 1. The average molecular weight is 439 g/mol. The number of aromatic nitrogens is 1. The number of hydrogen-bond donors (Lipinski definition) is 0. The molecule has 160 valence electrons. The molecule has 0 saturated carbocycles. The molecule has 0 spiro atoms. The molecular weight excluding hydrogens is 416 g/mol. The summed E-state index contributed by atoms with van der Waals surface area (Å²) in [5, 5.41) is 0.950. The quantitative estimate of drug-likeness (QED) is 0.674. The molecule has 1 aliphatic carbocycles. The highest BCUT2D eigenvalue weighted by molar-refractivity contribution is 7.13. The van der Waals surface area contributed by atoms with E-state index in [1.54, 1.807) is 29.2 Å². The number of carbonyl (C=O) groups excluding carboxylic acids is 4. The van der Waals surface area contributed by atoms with Crippen LogP contribution in [0, 0.1) is 0 Å². The van der Waals surface area contributed by atoms with E-state index >= 15 is 0 Å². The van der Waals surface area contributed by atoms with Crippen LogP contribution in [0.2, 0.25) is 0 Å². The monoisotopic (exact) mass is 438 g/mol. The van der Waals surface area contributed by atoms with Crippen molar-refractivity contribution in [1.29, 1.82) is 0 Å². The highest BCUT2D eigenvalue weighted by Gasteiger charge is 2.37. The number of Topliss-reactive ketones (excluding diaryl/α,β-unsaturated/α-hetero) is 1. The fourth-order valence-electron chi connectivity index (χ4n) is 4.35. The molecule has 0 unspecified atom stereocenters. The summed E-state index contributed by atoms with van der Waals surface area (Å²) in [7, 11) is 0. The summed E-state index contributed by atoms with van der Waals surface area (Å²) in [4.78, 5) is 60.2. The number of piperazine rings is 1. The molecule has 5 rings (SSSR count). The van der Waals surface area contributed by atoms with Crippen molar-refractivity contribution in [2.45, 2.75) is 25.8 Å². The molecule has 0 atom stereocenters. The molecule has 2 aliphatic heterocycles. The number of hydrogen-bond acceptors (Lipinski definition) is 7. The average Bonchev–Trinajstić information content (AvgIpc) is 3.30. The smallest absolute Gasteiger partial charge is 0.262 e. The zero-order valence-corrected chi connectivity index (χ0v) is 17.8. The predicted octanol–water partition coefficient (Wildman–Crippen LogP) is 1.60. The molecular formula is C22H22N4O4S. The first kappa shape index (κ1) is 20.0. The first-order chi connectivity index (χ1) is 15.0. The number of amides is 3. The molecule has 0 bridgehead atoms. The zero-order valence-electron chi connectivity index (χ0n) is 17.0. The van der Waals surface area contributed by atoms with Crippen molar-refractivity contribution in [3.05, 3.63) is 51.0 Å². The summed E-state index contributed by atoms with van der Waals surface area (Å²) in [5.41, 5.74) is 1.65. The van der Waals surface area contributed by atoms with Gasteiger partial charge in [0.1, 0.15) is 11.6 Å². The van der Waals surface area contributed by atoms with E-state index in [0.717, 1.165) is 33.3 Å². The second kappa shape index (κ2) is 7.97. The topological polar surface area (TPSA) is 90.9 Å². The normalized spacial score (nSPS) is 19.0. The number of imide groups is 1. The largest absolute Gasteiger partial charge is 0.339 e. The van der Waals surface area contributed by atoms with Gasteiger partial charge in [0, 0.05) is 32.6 Å². The maximum absolute atomic E-state index is 12.7. The highest BCUT2D eigenvalue weighted by Crippen LogP contribution is 2.28. The molecule has 8 nitrogen and oxygen atoms in total. The van der Waals surface area contributed by atoms with Gasteiger partial charge in [-0.05, 0) is 25.0 Å². The van der Waals surface area contributed by atoms with Crippen LogP contribution in [-0.2, 0) is 17.8 Å². The van der Waals surface area contributed by atoms with Gasteiger partial charge in [-0.25, -0.2) is 4.98 Å². The number of rotatable bonds is 4. The number of ketones is 1. The van der Waals surface area contributed by atoms with Crippen LogP contribution in [0.25, 0.3) is 0 Å². The van der Waals surface area contributed by atoms with Crippen LogP contribution in [0.15, 0.2) is 24.3 Å². The minimum absolute atomic E-state index is 0.202. The van der Waals surface area contributed by atoms with E-state index < -0.39 is 11.8 Å². The molecule has 1 fully saturated rings. The van der Waals surface area contributed by atoms with Crippen molar-refractivity contribution in [2.24, 2.45) is 0 Å². The molecule has 3 aliphatic rings. The number of thiazole rings is 1. The molecule has 1 aromatic heterocycles. The Balaban J connectivity index is 1.16. The van der Waals surface area contributed by atoms with Crippen molar-refractivity contribution < 1.29 is 19.2 Å². The van der Waals surface area contributed by atoms with Crippen LogP contribution in [0.4, 0.5) is 0 Å². The van der Waals surface area contributed by atoms with Gasteiger partial charge in [0.05, 0.1) is 28.2 Å². The lowest BCUT2D eigenvalue weighted by Crippen LogP contribution is -2.51. The van der Waals surface area contributed by atoms with Gasteiger partial charge in [-0.3, -0.25) is 29.0 Å². The summed E-state index contributed by atoms with van der Waals surface area (Å²) >= 11 is 1.50. The summed E-state index contributed by atoms with van der Waals surface area (Å²) in [6.07, 6.45) is 2.36. The SMILES string of the molecule is O=C1CCCc2nc(CN3CCN(C(=O)CN4C(=O)c5ccccc5C4=O)CC3)sc21. The maximum atomic E-state index is 12.7. The van der Waals surface area contributed by atoms with Crippen LogP contribution < -0.4 is 0 Å². The van der Waals surface area contributed by atoms with E-state index in [4.69, 9.17) is 0 Å². The van der Waals surface area contributed by atoms with Crippen LogP contribution in [0.3, 0.4) is 0 Å². The first-order valence-electron chi connectivity index (χ1n) is 10.5. The molecule has 3 heterocycles. The van der Waals surface area contributed by atoms with Crippen LogP contribution >= 0.6 is 11.3 Å². The second-order valence-corrected chi connectivity index (χ2v) is 9.14. The standard InChI is InChI=1S/C22H22N4O4S/c27-17-7-3-6-16-20(17)31-18(23-16)12-24-8-10-25(11-9-24)19(28)13-26-21(29)14-4-1-2-5-15(14)22(26)30/h1-2,4-5H,3,6-13H2. The van der Waals surface area contributed by atoms with Crippen molar-refractivity contribution in [3.8, 4) is 0 Å². The maximum Gasteiger partial charge on any atom is 0.262 e. The first-order valence-corrected chi connectivity index (χ1v) is 11.3. The van der Waals surface area contributed by atoms with Crippen LogP contribution in [0.5, 0.6) is 0 Å². The van der Waals surface area contributed by atoms with Crippen molar-refractivity contribution in [3.63, 3.8) is 0 Å². The van der Waals surface area contributed by atoms with E-state index in [9.17, 15) is 19.2 Å². The third-order valence-electron chi connectivity index (χ3n) is 6.07. The minimum atomic E-state index is -0.408. The van der Waals surface area contributed by atoms with Gasteiger partial charge in [-0.15, -0.1) is 11.3 Å². The van der Waals surface area contributed by atoms with Gasteiger partial charge >= 0.3 is 0 Å². The Labute approximate surface area is 183 Å². The van der Waals surface area contributed by atoms with E-state index in [2.05, 4.69) is 9.88 Å². The summed E-state index contributed by atoms with van der Waals surface area (Å²) in [6.45, 7) is 2.88. The van der Waals surface area contributed by atoms with Gasteiger partial charge in [-0.2, -0.15) is 0 Å². The van der Waals surface area contributed by atoms with E-state index in [1.165, 1.54) is 11.3 Å². The Bertz CT molecular complexity index is 1050. The fourth-order valence-corrected chi connectivity index (χ4v) is 5.47. The summed E-state index contributed by atoms with van der Waals surface area (Å²) in [6, 6.07) is 6.65. The molecule has 31 heavy (non-hydrogen) atoms. The van der Waals surface area contributed by atoms with Crippen LogP contribution in [-0.4, -0.2) is 75.9 Å². The van der Waals surface area contributed by atoms with Gasteiger partial charge in [-0.1, -0.05) is 12.1 Å². The molecule has 1 saturated heterocycles. The highest BCUT2D eigenvalue weighted by atomic mass is 32.1. The van der Waals surface area contributed by atoms with Gasteiger partial charge in [0.2, 0.25) is 5.91 Å². The van der Waals surface area contributed by atoms with E-state index in [1.807, 2.05) is 0 Å². The summed E-state index contributed by atoms with van der Waals surface area (Å²) in [5.74, 6) is -0.831. The second-order valence-electron chi connectivity index (χ2n) is 8.06. The molecule has 1 aromatic carbocycles. The van der Waals surface area contributed by atoms with Crippen molar-refractivity contribution >= 4 is 34.8 Å². The predicted molar refractivity (Wildman–Crippen MR) is 113 cm³/mol. The van der Waals surface area contributed by atoms with Gasteiger partial charge < -0.3 is 4.90 Å². The Morgan fingerprint density at radius 1 is 0.968 bits per heavy atom. The molecule has 0 N–H and O–H groups in total. The van der Waals surface area contributed by atoms with Crippen LogP contribution in [0.1, 0.15) is 53.9 Å². The van der Waals surface area contributed by atoms with Crippen molar-refractivity contribution in [1.82, 2.24) is 19.7 Å². The third kappa shape index (κ3) is 3.68. The number of fused-ring (bicyclic) bond motifs is 2. The van der Waals surface area contributed by atoms with E-state index in [0.29, 0.717) is 50.3 Å². The Hall–Kier alpha value is -2.91. The Kier molecular flexibility index (Phi) is 5.15. The zero-order chi connectivity index (χ0) is 21.5. The molecule has 3 amide bonds. The number of nitrogens with zero attached hydrogens (tertiary/aromatic N) is 4. The van der Waals surface area contributed by atoms with E-state index in [-0.39, 0.29) is 18.2 Å². The minimum Gasteiger partial charge on any atom is -0.339 e. The molecule has 0 radical (unpaired) electrons. The van der Waals surface area contributed by atoms with Crippen molar-refractivity contribution in [2.75, 3.05) is 32.7 Å². The number of carbonyl (C=O) groups is 4. The Morgan fingerprint density at radius 3 is 2.29 bits per heavy atom. The fraction of sp³-hybridized carbons (Fsp3) is 0.409. The lowest BCUT2D eigenvalue weighted by molar-refractivity contribution is -0.133. The Morgan fingerprint density at radius 2 is 1.65 bits per heavy atom. The van der Waals surface area contributed by atoms with Gasteiger partial charge in [0.25, 0.3) is 11.8 Å². The molecule has 2 aromatic rings. The lowest BCUT2D eigenvalue weighted by Gasteiger charge is -2.34. The summed E-state index contributed by atoms with van der Waals surface area (Å²) < 4.78 is 0. The lowest BCUT2D eigenvalue weighted by atomic mass is 10.0.